The van der Waals surface area contributed by atoms with Gasteiger partial charge in [0.2, 0.25) is 0 Å². The Bertz CT molecular complexity index is 382. The summed E-state index contributed by atoms with van der Waals surface area (Å²) in [6.45, 7) is 9.54. The van der Waals surface area contributed by atoms with Gasteiger partial charge in [-0.2, -0.15) is 0 Å². The van der Waals surface area contributed by atoms with E-state index in [4.69, 9.17) is 9.15 Å². The number of ether oxygens (including phenoxy) is 1. The summed E-state index contributed by atoms with van der Waals surface area (Å²) in [6, 6.07) is 3.96. The molecular formula is C17H29NO2. The lowest BCUT2D eigenvalue weighted by molar-refractivity contribution is -0.109. The molecule has 0 spiro atoms. The average molecular weight is 279 g/mol. The van der Waals surface area contributed by atoms with Crippen molar-refractivity contribution >= 4 is 0 Å². The van der Waals surface area contributed by atoms with Crippen molar-refractivity contribution in [2.24, 2.45) is 5.41 Å². The zero-order valence-electron chi connectivity index (χ0n) is 13.2. The van der Waals surface area contributed by atoms with E-state index in [9.17, 15) is 0 Å². The highest BCUT2D eigenvalue weighted by molar-refractivity contribution is 4.97. The highest BCUT2D eigenvalue weighted by Gasteiger charge is 2.39. The van der Waals surface area contributed by atoms with Gasteiger partial charge in [-0.1, -0.05) is 13.3 Å². The lowest BCUT2D eigenvalue weighted by Gasteiger charge is -2.45. The normalized spacial score (nSPS) is 25.8. The summed E-state index contributed by atoms with van der Waals surface area (Å²) in [6.07, 6.45) is 7.91. The molecule has 3 nitrogen and oxygen atoms in total. The summed E-state index contributed by atoms with van der Waals surface area (Å²) in [5.74, 6) is 1.02. The van der Waals surface area contributed by atoms with Crippen molar-refractivity contribution in [2.75, 3.05) is 13.2 Å². The highest BCUT2D eigenvalue weighted by atomic mass is 16.5. The Morgan fingerprint density at radius 2 is 2.15 bits per heavy atom. The van der Waals surface area contributed by atoms with Crippen LogP contribution in [0.4, 0.5) is 0 Å². The van der Waals surface area contributed by atoms with Gasteiger partial charge in [-0.25, -0.2) is 0 Å². The predicted octanol–water partition coefficient (Wildman–Crippen LogP) is 4.13. The third-order valence-corrected chi connectivity index (χ3v) is 4.42. The molecule has 0 aliphatic carbocycles. The topological polar surface area (TPSA) is 34.4 Å². The summed E-state index contributed by atoms with van der Waals surface area (Å²) in [4.78, 5) is 0. The van der Waals surface area contributed by atoms with Gasteiger partial charge in [0.25, 0.3) is 0 Å². The first kappa shape index (κ1) is 15.6. The van der Waals surface area contributed by atoms with Gasteiger partial charge in [-0.3, -0.25) is 0 Å². The van der Waals surface area contributed by atoms with Gasteiger partial charge in [-0.05, 0) is 63.6 Å². The molecule has 1 aliphatic rings. The second-order valence-corrected chi connectivity index (χ2v) is 6.79. The van der Waals surface area contributed by atoms with E-state index in [1.54, 1.807) is 6.26 Å². The summed E-state index contributed by atoms with van der Waals surface area (Å²) in [5, 5.41) is 3.51. The Morgan fingerprint density at radius 3 is 2.80 bits per heavy atom. The van der Waals surface area contributed by atoms with E-state index in [2.05, 4.69) is 26.1 Å². The van der Waals surface area contributed by atoms with Crippen molar-refractivity contribution < 1.29 is 9.15 Å². The van der Waals surface area contributed by atoms with Crippen LogP contribution in [0, 0.1) is 5.41 Å². The highest BCUT2D eigenvalue weighted by Crippen LogP contribution is 2.44. The van der Waals surface area contributed by atoms with E-state index in [1.165, 1.54) is 32.1 Å². The van der Waals surface area contributed by atoms with Crippen molar-refractivity contribution in [2.45, 2.75) is 65.0 Å². The molecule has 1 aliphatic heterocycles. The minimum atomic E-state index is 0.0361. The molecule has 0 amide bonds. The molecule has 2 heterocycles. The number of hydrogen-bond donors (Lipinski definition) is 1. The zero-order chi connectivity index (χ0) is 14.5. The molecule has 0 bridgehead atoms. The monoisotopic (exact) mass is 279 g/mol. The Balaban J connectivity index is 1.82. The molecule has 0 saturated carbocycles. The van der Waals surface area contributed by atoms with Crippen LogP contribution in [-0.2, 0) is 11.3 Å². The Hall–Kier alpha value is -0.800. The van der Waals surface area contributed by atoms with Crippen LogP contribution in [0.25, 0.3) is 0 Å². The van der Waals surface area contributed by atoms with Crippen molar-refractivity contribution in [3.63, 3.8) is 0 Å². The average Bonchev–Trinajstić information content (AvgIpc) is 2.87. The number of rotatable bonds is 7. The van der Waals surface area contributed by atoms with Crippen LogP contribution in [0.2, 0.25) is 0 Å². The fourth-order valence-corrected chi connectivity index (χ4v) is 3.65. The quantitative estimate of drug-likeness (QED) is 0.762. The molecule has 1 N–H and O–H groups in total. The minimum absolute atomic E-state index is 0.0361. The van der Waals surface area contributed by atoms with E-state index in [-0.39, 0.29) is 5.60 Å². The van der Waals surface area contributed by atoms with Crippen LogP contribution in [0.5, 0.6) is 0 Å². The molecule has 1 aromatic heterocycles. The Morgan fingerprint density at radius 1 is 1.30 bits per heavy atom. The number of hydrogen-bond acceptors (Lipinski definition) is 3. The number of furan rings is 1. The van der Waals surface area contributed by atoms with Gasteiger partial charge >= 0.3 is 0 Å². The van der Waals surface area contributed by atoms with E-state index < -0.39 is 0 Å². The van der Waals surface area contributed by atoms with Crippen LogP contribution < -0.4 is 5.32 Å². The predicted molar refractivity (Wildman–Crippen MR) is 81.6 cm³/mol. The van der Waals surface area contributed by atoms with Crippen molar-refractivity contribution in [1.82, 2.24) is 5.32 Å². The largest absolute Gasteiger partial charge is 0.468 e. The molecule has 1 atom stereocenters. The molecule has 1 fully saturated rings. The van der Waals surface area contributed by atoms with Crippen LogP contribution >= 0.6 is 0 Å². The summed E-state index contributed by atoms with van der Waals surface area (Å²) >= 11 is 0. The molecule has 3 heteroatoms. The number of nitrogens with one attached hydrogen (secondary N) is 1. The molecule has 1 saturated heterocycles. The van der Waals surface area contributed by atoms with Crippen molar-refractivity contribution in [3.05, 3.63) is 24.2 Å². The van der Waals surface area contributed by atoms with Crippen LogP contribution in [0.3, 0.4) is 0 Å². The van der Waals surface area contributed by atoms with Gasteiger partial charge in [0.15, 0.2) is 0 Å². The fourth-order valence-electron chi connectivity index (χ4n) is 3.65. The molecule has 0 radical (unpaired) electrons. The maximum absolute atomic E-state index is 5.90. The smallest absolute Gasteiger partial charge is 0.117 e. The van der Waals surface area contributed by atoms with Crippen molar-refractivity contribution in [3.8, 4) is 0 Å². The molecule has 1 aromatic rings. The molecule has 1 unspecified atom stereocenters. The van der Waals surface area contributed by atoms with Crippen LogP contribution in [0.1, 0.15) is 58.6 Å². The molecule has 114 valence electrons. The summed E-state index contributed by atoms with van der Waals surface area (Å²) < 4.78 is 11.2. The van der Waals surface area contributed by atoms with Gasteiger partial charge in [0, 0.05) is 6.61 Å². The first-order valence-electron chi connectivity index (χ1n) is 7.92. The summed E-state index contributed by atoms with van der Waals surface area (Å²) in [5.41, 5.74) is 0.487. The van der Waals surface area contributed by atoms with E-state index in [0.717, 1.165) is 25.5 Å². The fraction of sp³-hybridized carbons (Fsp3) is 0.765. The Kier molecular flexibility index (Phi) is 5.28. The lowest BCUT2D eigenvalue weighted by Crippen LogP contribution is -2.42. The third kappa shape index (κ3) is 4.35. The van der Waals surface area contributed by atoms with Gasteiger partial charge in [-0.15, -0.1) is 0 Å². The second-order valence-electron chi connectivity index (χ2n) is 6.79. The second kappa shape index (κ2) is 6.77. The van der Waals surface area contributed by atoms with E-state index >= 15 is 0 Å². The Labute approximate surface area is 123 Å². The first-order chi connectivity index (χ1) is 9.55. The first-order valence-corrected chi connectivity index (χ1v) is 7.92. The molecular weight excluding hydrogens is 250 g/mol. The summed E-state index contributed by atoms with van der Waals surface area (Å²) in [7, 11) is 0. The standard InChI is InChI=1S/C17H29NO2/c1-4-7-17(9-12-20-16(2,3)14-17)8-10-18-13-15-6-5-11-19-15/h5-6,11,18H,4,7-10,12-14H2,1-3H3. The maximum Gasteiger partial charge on any atom is 0.117 e. The molecule has 20 heavy (non-hydrogen) atoms. The molecule has 0 aromatic carbocycles. The van der Waals surface area contributed by atoms with E-state index in [0.29, 0.717) is 5.41 Å². The minimum Gasteiger partial charge on any atom is -0.468 e. The van der Waals surface area contributed by atoms with Gasteiger partial charge < -0.3 is 14.5 Å². The third-order valence-electron chi connectivity index (χ3n) is 4.42. The zero-order valence-corrected chi connectivity index (χ0v) is 13.2. The molecule has 2 rings (SSSR count). The van der Waals surface area contributed by atoms with Crippen molar-refractivity contribution in [1.29, 1.82) is 0 Å². The van der Waals surface area contributed by atoms with Gasteiger partial charge in [0.1, 0.15) is 5.76 Å². The van der Waals surface area contributed by atoms with E-state index in [1.807, 2.05) is 12.1 Å². The lowest BCUT2D eigenvalue weighted by atomic mass is 9.69. The SMILES string of the molecule is CCCC1(CCNCc2ccco2)CCOC(C)(C)C1. The maximum atomic E-state index is 5.90. The van der Waals surface area contributed by atoms with Crippen LogP contribution in [0.15, 0.2) is 22.8 Å². The van der Waals surface area contributed by atoms with Gasteiger partial charge in [0.05, 0.1) is 18.4 Å². The van der Waals surface area contributed by atoms with Crippen LogP contribution in [-0.4, -0.2) is 18.8 Å².